The molecule has 5 nitrogen and oxygen atoms in total. The number of carbonyl (C=O) groups is 1. The molecular weight excluding hydrogens is 244 g/mol. The molecule has 1 saturated heterocycles. The van der Waals surface area contributed by atoms with Gasteiger partial charge < -0.3 is 20.5 Å². The molecule has 3 N–H and O–H groups in total. The summed E-state index contributed by atoms with van der Waals surface area (Å²) in [5, 5.41) is 2.87. The summed E-state index contributed by atoms with van der Waals surface area (Å²) in [6.45, 7) is 1.06. The maximum atomic E-state index is 11.9. The van der Waals surface area contributed by atoms with Crippen molar-refractivity contribution in [2.75, 3.05) is 19.5 Å². The first-order valence-corrected chi connectivity index (χ1v) is 6.52. The van der Waals surface area contributed by atoms with Crippen molar-refractivity contribution in [2.24, 2.45) is 0 Å². The van der Waals surface area contributed by atoms with E-state index >= 15 is 0 Å². The highest BCUT2D eigenvalue weighted by molar-refractivity contribution is 5.80. The number of anilines is 1. The van der Waals surface area contributed by atoms with Gasteiger partial charge in [-0.25, -0.2) is 0 Å². The summed E-state index contributed by atoms with van der Waals surface area (Å²) in [5.74, 6) is 0.656. The van der Waals surface area contributed by atoms with Crippen LogP contribution in [0.25, 0.3) is 0 Å². The summed E-state index contributed by atoms with van der Waals surface area (Å²) in [6.07, 6.45) is 2.55. The number of amides is 1. The zero-order valence-electron chi connectivity index (χ0n) is 11.1. The van der Waals surface area contributed by atoms with Gasteiger partial charge in [-0.15, -0.1) is 0 Å². The van der Waals surface area contributed by atoms with Crippen molar-refractivity contribution in [3.8, 4) is 5.75 Å². The quantitative estimate of drug-likeness (QED) is 0.807. The largest absolute Gasteiger partial charge is 0.496 e. The lowest BCUT2D eigenvalue weighted by molar-refractivity contribution is -0.135. The summed E-state index contributed by atoms with van der Waals surface area (Å²) in [7, 11) is 1.60. The number of methoxy groups -OCH3 is 1. The molecule has 104 valence electrons. The van der Waals surface area contributed by atoms with Crippen molar-refractivity contribution < 1.29 is 14.3 Å². The van der Waals surface area contributed by atoms with Gasteiger partial charge in [-0.2, -0.15) is 0 Å². The molecule has 1 atom stereocenters. The number of nitrogens with one attached hydrogen (secondary N) is 1. The smallest absolute Gasteiger partial charge is 0.249 e. The van der Waals surface area contributed by atoms with Crippen molar-refractivity contribution in [2.45, 2.75) is 31.9 Å². The van der Waals surface area contributed by atoms with Crippen LogP contribution in [0.3, 0.4) is 0 Å². The van der Waals surface area contributed by atoms with Gasteiger partial charge in [0.2, 0.25) is 5.91 Å². The molecule has 1 aromatic rings. The third kappa shape index (κ3) is 3.61. The van der Waals surface area contributed by atoms with Gasteiger partial charge in [0.05, 0.1) is 7.11 Å². The van der Waals surface area contributed by atoms with Crippen LogP contribution in [0, 0.1) is 0 Å². The van der Waals surface area contributed by atoms with Gasteiger partial charge >= 0.3 is 0 Å². The topological polar surface area (TPSA) is 73.6 Å². The molecule has 0 radical (unpaired) electrons. The van der Waals surface area contributed by atoms with Crippen molar-refractivity contribution in [1.29, 1.82) is 0 Å². The molecule has 0 aromatic heterocycles. The molecule has 19 heavy (non-hydrogen) atoms. The fourth-order valence-corrected chi connectivity index (χ4v) is 2.18. The molecule has 2 rings (SSSR count). The summed E-state index contributed by atoms with van der Waals surface area (Å²) in [4.78, 5) is 11.9. The van der Waals surface area contributed by atoms with Crippen LogP contribution in [0.4, 0.5) is 5.69 Å². The van der Waals surface area contributed by atoms with Crippen molar-refractivity contribution in [1.82, 2.24) is 5.32 Å². The van der Waals surface area contributed by atoms with E-state index in [0.29, 0.717) is 18.8 Å². The summed E-state index contributed by atoms with van der Waals surface area (Å²) < 4.78 is 10.7. The number of ether oxygens (including phenoxy) is 2. The molecule has 1 aliphatic rings. The second-order valence-electron chi connectivity index (χ2n) is 4.64. The minimum absolute atomic E-state index is 0.0656. The molecular formula is C14H20N2O3. The fraction of sp³-hybridized carbons (Fsp3) is 0.500. The Hall–Kier alpha value is -1.75. The molecule has 0 spiro atoms. The average Bonchev–Trinajstić information content (AvgIpc) is 2.46. The van der Waals surface area contributed by atoms with E-state index in [0.717, 1.165) is 30.6 Å². The minimum atomic E-state index is -0.319. The molecule has 0 aliphatic carbocycles. The molecule has 1 heterocycles. The Morgan fingerprint density at radius 1 is 1.53 bits per heavy atom. The number of nitrogens with two attached hydrogens (primary N) is 1. The molecule has 0 saturated carbocycles. The van der Waals surface area contributed by atoms with Crippen molar-refractivity contribution in [3.63, 3.8) is 0 Å². The normalized spacial score (nSPS) is 18.9. The van der Waals surface area contributed by atoms with Gasteiger partial charge in [0, 0.05) is 24.4 Å². The van der Waals surface area contributed by atoms with Crippen LogP contribution < -0.4 is 15.8 Å². The van der Waals surface area contributed by atoms with Crippen LogP contribution in [0.1, 0.15) is 24.8 Å². The van der Waals surface area contributed by atoms with Gasteiger partial charge in [-0.1, -0.05) is 0 Å². The minimum Gasteiger partial charge on any atom is -0.496 e. The molecule has 1 aliphatic heterocycles. The Balaban J connectivity index is 1.94. The lowest BCUT2D eigenvalue weighted by Gasteiger charge is -2.22. The van der Waals surface area contributed by atoms with Crippen LogP contribution >= 0.6 is 0 Å². The van der Waals surface area contributed by atoms with E-state index in [4.69, 9.17) is 15.2 Å². The molecule has 1 amide bonds. The second kappa shape index (κ2) is 6.43. The number of carbonyl (C=O) groups excluding carboxylic acids is 1. The predicted octanol–water partition coefficient (Wildman–Crippen LogP) is 1.46. The Morgan fingerprint density at radius 3 is 3.05 bits per heavy atom. The standard InChI is InChI=1S/C14H20N2O3/c1-18-12-6-5-11(15)8-10(12)9-16-14(17)13-4-2-3-7-19-13/h5-6,8,13H,2-4,7,9,15H2,1H3,(H,16,17). The first-order chi connectivity index (χ1) is 9.20. The van der Waals surface area contributed by atoms with Crippen LogP contribution in [0.5, 0.6) is 5.75 Å². The van der Waals surface area contributed by atoms with Gasteiger partial charge in [-0.05, 0) is 37.5 Å². The molecule has 1 aromatic carbocycles. The number of hydrogen-bond acceptors (Lipinski definition) is 4. The lowest BCUT2D eigenvalue weighted by atomic mass is 10.1. The molecule has 1 fully saturated rings. The van der Waals surface area contributed by atoms with Gasteiger partial charge in [0.15, 0.2) is 0 Å². The van der Waals surface area contributed by atoms with Crippen molar-refractivity contribution >= 4 is 11.6 Å². The number of hydrogen-bond donors (Lipinski definition) is 2. The fourth-order valence-electron chi connectivity index (χ4n) is 2.18. The number of rotatable bonds is 4. The third-order valence-electron chi connectivity index (χ3n) is 3.23. The Kier molecular flexibility index (Phi) is 4.63. The maximum absolute atomic E-state index is 11.9. The third-order valence-corrected chi connectivity index (χ3v) is 3.23. The highest BCUT2D eigenvalue weighted by Gasteiger charge is 2.21. The highest BCUT2D eigenvalue weighted by Crippen LogP contribution is 2.21. The zero-order valence-corrected chi connectivity index (χ0v) is 11.1. The van der Waals surface area contributed by atoms with Crippen molar-refractivity contribution in [3.05, 3.63) is 23.8 Å². The second-order valence-corrected chi connectivity index (χ2v) is 4.64. The van der Waals surface area contributed by atoms with Gasteiger partial charge in [0.1, 0.15) is 11.9 Å². The first kappa shape index (κ1) is 13.7. The van der Waals surface area contributed by atoms with E-state index in [9.17, 15) is 4.79 Å². The molecule has 0 bridgehead atoms. The van der Waals surface area contributed by atoms with Crippen LogP contribution in [0.15, 0.2) is 18.2 Å². The van der Waals surface area contributed by atoms with E-state index in [-0.39, 0.29) is 12.0 Å². The van der Waals surface area contributed by atoms with E-state index in [2.05, 4.69) is 5.32 Å². The Bertz CT molecular complexity index is 442. The number of benzene rings is 1. The monoisotopic (exact) mass is 264 g/mol. The maximum Gasteiger partial charge on any atom is 0.249 e. The van der Waals surface area contributed by atoms with Crippen LogP contribution in [-0.4, -0.2) is 25.7 Å². The SMILES string of the molecule is COc1ccc(N)cc1CNC(=O)C1CCCCO1. The van der Waals surface area contributed by atoms with Gasteiger partial charge in [0.25, 0.3) is 0 Å². The van der Waals surface area contributed by atoms with Crippen LogP contribution in [0.2, 0.25) is 0 Å². The summed E-state index contributed by atoms with van der Waals surface area (Å²) >= 11 is 0. The average molecular weight is 264 g/mol. The zero-order chi connectivity index (χ0) is 13.7. The van der Waals surface area contributed by atoms with E-state index in [1.54, 1.807) is 25.3 Å². The van der Waals surface area contributed by atoms with E-state index in [1.807, 2.05) is 0 Å². The first-order valence-electron chi connectivity index (χ1n) is 6.52. The van der Waals surface area contributed by atoms with E-state index in [1.165, 1.54) is 0 Å². The molecule has 5 heteroatoms. The predicted molar refractivity (Wildman–Crippen MR) is 72.8 cm³/mol. The molecule has 1 unspecified atom stereocenters. The van der Waals surface area contributed by atoms with E-state index < -0.39 is 0 Å². The Morgan fingerprint density at radius 2 is 2.37 bits per heavy atom. The summed E-state index contributed by atoms with van der Waals surface area (Å²) in [6, 6.07) is 5.38. The lowest BCUT2D eigenvalue weighted by Crippen LogP contribution is -2.38. The van der Waals surface area contributed by atoms with Gasteiger partial charge in [-0.3, -0.25) is 4.79 Å². The highest BCUT2D eigenvalue weighted by atomic mass is 16.5. The number of nitrogen functional groups attached to an aromatic ring is 1. The Labute approximate surface area is 113 Å². The van der Waals surface area contributed by atoms with Crippen LogP contribution in [-0.2, 0) is 16.1 Å². The summed E-state index contributed by atoms with van der Waals surface area (Å²) in [5.41, 5.74) is 7.26.